The van der Waals surface area contributed by atoms with Crippen LogP contribution in [0.2, 0.25) is 0 Å². The average molecular weight is 358 g/mol. The highest BCUT2D eigenvalue weighted by molar-refractivity contribution is 8.00. The van der Waals surface area contributed by atoms with Gasteiger partial charge < -0.3 is 20.5 Å². The fourth-order valence-electron chi connectivity index (χ4n) is 2.43. The number of nitrogens with two attached hydrogens (primary N) is 1. The lowest BCUT2D eigenvalue weighted by Crippen LogP contribution is -2.18. The van der Waals surface area contributed by atoms with Crippen LogP contribution in [0.15, 0.2) is 47.4 Å². The zero-order chi connectivity index (χ0) is 17.6. The number of ether oxygens (including phenoxy) is 2. The van der Waals surface area contributed by atoms with Crippen molar-refractivity contribution in [2.24, 2.45) is 5.73 Å². The number of anilines is 1. The van der Waals surface area contributed by atoms with Crippen LogP contribution in [0.1, 0.15) is 5.56 Å². The third-order valence-corrected chi connectivity index (χ3v) is 4.53. The largest absolute Gasteiger partial charge is 0.486 e. The zero-order valence-corrected chi connectivity index (χ0v) is 14.3. The standard InChI is InChI=1S/C18H18N2O4S/c19-17(21)9-12-3-1-2-4-14(12)20-18(22)11-25-13-5-6-15-16(10-13)24-8-7-23-15/h1-6,10H,7-9,11H2,(H2,19,21)(H,20,22). The molecule has 130 valence electrons. The number of thioether (sulfide) groups is 1. The van der Waals surface area contributed by atoms with Crippen molar-refractivity contribution in [3.63, 3.8) is 0 Å². The Morgan fingerprint density at radius 1 is 1.08 bits per heavy atom. The Labute approximate surface area is 149 Å². The molecule has 0 aromatic heterocycles. The molecule has 0 aliphatic carbocycles. The highest BCUT2D eigenvalue weighted by Gasteiger charge is 2.13. The van der Waals surface area contributed by atoms with Crippen molar-refractivity contribution >= 4 is 29.3 Å². The van der Waals surface area contributed by atoms with E-state index in [1.165, 1.54) is 11.8 Å². The molecule has 25 heavy (non-hydrogen) atoms. The molecule has 0 unspecified atom stereocenters. The summed E-state index contributed by atoms with van der Waals surface area (Å²) in [6.45, 7) is 1.07. The first-order chi connectivity index (χ1) is 12.1. The number of fused-ring (bicyclic) bond motifs is 1. The number of primary amides is 1. The summed E-state index contributed by atoms with van der Waals surface area (Å²) in [7, 11) is 0. The highest BCUT2D eigenvalue weighted by Crippen LogP contribution is 2.34. The zero-order valence-electron chi connectivity index (χ0n) is 13.5. The molecule has 0 saturated carbocycles. The van der Waals surface area contributed by atoms with E-state index in [-0.39, 0.29) is 18.1 Å². The van der Waals surface area contributed by atoms with Gasteiger partial charge in [-0.25, -0.2) is 0 Å². The predicted octanol–water partition coefficient (Wildman–Crippen LogP) is 2.22. The number of benzene rings is 2. The number of amides is 2. The van der Waals surface area contributed by atoms with Crippen LogP contribution in [0.3, 0.4) is 0 Å². The molecule has 0 saturated heterocycles. The van der Waals surface area contributed by atoms with Gasteiger partial charge in [-0.15, -0.1) is 11.8 Å². The van der Waals surface area contributed by atoms with Gasteiger partial charge >= 0.3 is 0 Å². The van der Waals surface area contributed by atoms with Crippen LogP contribution in [0.25, 0.3) is 0 Å². The Kier molecular flexibility index (Phi) is 5.45. The molecule has 3 rings (SSSR count). The summed E-state index contributed by atoms with van der Waals surface area (Å²) in [6.07, 6.45) is 0.0890. The summed E-state index contributed by atoms with van der Waals surface area (Å²) in [5.74, 6) is 1.07. The summed E-state index contributed by atoms with van der Waals surface area (Å²) >= 11 is 1.40. The second kappa shape index (κ2) is 7.94. The maximum Gasteiger partial charge on any atom is 0.234 e. The molecule has 1 aliphatic heterocycles. The summed E-state index contributed by atoms with van der Waals surface area (Å²) in [4.78, 5) is 24.2. The maximum absolute atomic E-state index is 12.2. The van der Waals surface area contributed by atoms with Gasteiger partial charge in [0.15, 0.2) is 11.5 Å². The van der Waals surface area contributed by atoms with E-state index >= 15 is 0 Å². The van der Waals surface area contributed by atoms with E-state index in [0.29, 0.717) is 30.2 Å². The van der Waals surface area contributed by atoms with Gasteiger partial charge in [-0.2, -0.15) is 0 Å². The summed E-state index contributed by atoms with van der Waals surface area (Å²) in [5.41, 5.74) is 6.54. The lowest BCUT2D eigenvalue weighted by Gasteiger charge is -2.18. The number of carbonyl (C=O) groups excluding carboxylic acids is 2. The van der Waals surface area contributed by atoms with Gasteiger partial charge in [0, 0.05) is 10.6 Å². The minimum Gasteiger partial charge on any atom is -0.486 e. The van der Waals surface area contributed by atoms with Crippen molar-refractivity contribution in [1.82, 2.24) is 0 Å². The first-order valence-corrected chi connectivity index (χ1v) is 8.79. The molecule has 0 radical (unpaired) electrons. The van der Waals surface area contributed by atoms with Crippen molar-refractivity contribution in [2.45, 2.75) is 11.3 Å². The van der Waals surface area contributed by atoms with Crippen LogP contribution < -0.4 is 20.5 Å². The molecule has 2 aromatic rings. The minimum absolute atomic E-state index is 0.0890. The van der Waals surface area contributed by atoms with E-state index in [4.69, 9.17) is 15.2 Å². The molecule has 2 amide bonds. The number of carbonyl (C=O) groups is 2. The van der Waals surface area contributed by atoms with Crippen LogP contribution in [0, 0.1) is 0 Å². The van der Waals surface area contributed by atoms with E-state index in [1.54, 1.807) is 24.3 Å². The molecule has 3 N–H and O–H groups in total. The van der Waals surface area contributed by atoms with E-state index in [2.05, 4.69) is 5.32 Å². The number of nitrogens with one attached hydrogen (secondary N) is 1. The quantitative estimate of drug-likeness (QED) is 0.773. The van der Waals surface area contributed by atoms with Crippen molar-refractivity contribution in [2.75, 3.05) is 24.3 Å². The van der Waals surface area contributed by atoms with Crippen molar-refractivity contribution in [1.29, 1.82) is 0 Å². The Morgan fingerprint density at radius 3 is 2.64 bits per heavy atom. The van der Waals surface area contributed by atoms with E-state index < -0.39 is 5.91 Å². The number of para-hydroxylation sites is 1. The highest BCUT2D eigenvalue weighted by atomic mass is 32.2. The van der Waals surface area contributed by atoms with Gasteiger partial charge in [0.1, 0.15) is 13.2 Å². The topological polar surface area (TPSA) is 90.7 Å². The van der Waals surface area contributed by atoms with Crippen LogP contribution >= 0.6 is 11.8 Å². The van der Waals surface area contributed by atoms with Crippen molar-refractivity contribution in [3.8, 4) is 11.5 Å². The number of hydrogen-bond acceptors (Lipinski definition) is 5. The lowest BCUT2D eigenvalue weighted by molar-refractivity contribution is -0.117. The molecule has 2 aromatic carbocycles. The molecule has 7 heteroatoms. The first kappa shape index (κ1) is 17.2. The fourth-order valence-corrected chi connectivity index (χ4v) is 3.16. The van der Waals surface area contributed by atoms with Crippen LogP contribution in [-0.4, -0.2) is 30.8 Å². The Bertz CT molecular complexity index is 794. The van der Waals surface area contributed by atoms with Crippen molar-refractivity contribution < 1.29 is 19.1 Å². The Hall–Kier alpha value is -2.67. The molecule has 1 heterocycles. The molecule has 0 spiro atoms. The van der Waals surface area contributed by atoms with E-state index in [0.717, 1.165) is 10.6 Å². The molecule has 0 atom stereocenters. The van der Waals surface area contributed by atoms with Gasteiger partial charge in [-0.1, -0.05) is 18.2 Å². The molecule has 0 bridgehead atoms. The van der Waals surface area contributed by atoms with Gasteiger partial charge in [0.05, 0.1) is 12.2 Å². The second-order valence-corrected chi connectivity index (χ2v) is 6.49. The summed E-state index contributed by atoms with van der Waals surface area (Å²) < 4.78 is 11.0. The van der Waals surface area contributed by atoms with Gasteiger partial charge in [0.25, 0.3) is 0 Å². The molecule has 6 nitrogen and oxygen atoms in total. The van der Waals surface area contributed by atoms with Gasteiger partial charge in [0.2, 0.25) is 11.8 Å². The normalized spacial score (nSPS) is 12.5. The lowest BCUT2D eigenvalue weighted by atomic mass is 10.1. The third kappa shape index (κ3) is 4.67. The van der Waals surface area contributed by atoms with Crippen LogP contribution in [0.4, 0.5) is 5.69 Å². The number of rotatable bonds is 6. The maximum atomic E-state index is 12.2. The molecular weight excluding hydrogens is 340 g/mol. The number of hydrogen-bond donors (Lipinski definition) is 2. The van der Waals surface area contributed by atoms with Gasteiger partial charge in [-0.05, 0) is 29.8 Å². The SMILES string of the molecule is NC(=O)Cc1ccccc1NC(=O)CSc1ccc2c(c1)OCCO2. The Balaban J connectivity index is 1.59. The monoisotopic (exact) mass is 358 g/mol. The van der Waals surface area contributed by atoms with Crippen LogP contribution in [-0.2, 0) is 16.0 Å². The predicted molar refractivity (Wildman–Crippen MR) is 96.1 cm³/mol. The fraction of sp³-hybridized carbons (Fsp3) is 0.222. The van der Waals surface area contributed by atoms with E-state index in [1.807, 2.05) is 18.2 Å². The van der Waals surface area contributed by atoms with E-state index in [9.17, 15) is 9.59 Å². The van der Waals surface area contributed by atoms with Crippen LogP contribution in [0.5, 0.6) is 11.5 Å². The smallest absolute Gasteiger partial charge is 0.234 e. The second-order valence-electron chi connectivity index (χ2n) is 5.44. The molecule has 0 fully saturated rings. The van der Waals surface area contributed by atoms with Crippen molar-refractivity contribution in [3.05, 3.63) is 48.0 Å². The summed E-state index contributed by atoms with van der Waals surface area (Å²) in [6, 6.07) is 12.7. The Morgan fingerprint density at radius 2 is 1.84 bits per heavy atom. The third-order valence-electron chi connectivity index (χ3n) is 3.54. The molecule has 1 aliphatic rings. The first-order valence-electron chi connectivity index (χ1n) is 7.80. The molecular formula is C18H18N2O4S. The average Bonchev–Trinajstić information content (AvgIpc) is 2.61. The van der Waals surface area contributed by atoms with Gasteiger partial charge in [-0.3, -0.25) is 9.59 Å². The minimum atomic E-state index is -0.438. The summed E-state index contributed by atoms with van der Waals surface area (Å²) in [5, 5.41) is 2.82.